The summed E-state index contributed by atoms with van der Waals surface area (Å²) in [5.74, 6) is 0.652. The van der Waals surface area contributed by atoms with Crippen LogP contribution in [0.25, 0.3) is 0 Å². The predicted molar refractivity (Wildman–Crippen MR) is 80.1 cm³/mol. The van der Waals surface area contributed by atoms with E-state index >= 15 is 0 Å². The van der Waals surface area contributed by atoms with E-state index in [1.165, 1.54) is 12.1 Å². The second-order valence-electron chi connectivity index (χ2n) is 5.29. The Hall–Kier alpha value is -0.450. The summed E-state index contributed by atoms with van der Waals surface area (Å²) < 4.78 is 0. The van der Waals surface area contributed by atoms with Crippen LogP contribution in [0.1, 0.15) is 37.9 Å². The van der Waals surface area contributed by atoms with E-state index in [1.54, 1.807) is 11.3 Å². The quantitative estimate of drug-likeness (QED) is 0.736. The number of rotatable bonds is 8. The van der Waals surface area contributed by atoms with Gasteiger partial charge in [-0.15, -0.1) is 11.3 Å². The van der Waals surface area contributed by atoms with Gasteiger partial charge in [0.2, 0.25) is 0 Å². The summed E-state index contributed by atoms with van der Waals surface area (Å²) in [6.45, 7) is 12.0. The first-order chi connectivity index (χ1) is 8.54. The first-order valence-corrected chi connectivity index (χ1v) is 7.74. The standard InChI is InChI=1S/C14H27N3S/c1-6-7-15-8-14(11(2)3)17(5)9-13-10-18-12(4)16-13/h10-11,14-15H,6-9H2,1-5H3. The van der Waals surface area contributed by atoms with E-state index in [-0.39, 0.29) is 0 Å². The molecule has 0 fully saturated rings. The monoisotopic (exact) mass is 269 g/mol. The number of hydrogen-bond donors (Lipinski definition) is 1. The molecule has 0 aliphatic rings. The highest BCUT2D eigenvalue weighted by atomic mass is 32.1. The third-order valence-electron chi connectivity index (χ3n) is 3.19. The van der Waals surface area contributed by atoms with Gasteiger partial charge in [0.15, 0.2) is 0 Å². The van der Waals surface area contributed by atoms with E-state index in [2.05, 4.69) is 55.3 Å². The van der Waals surface area contributed by atoms with Crippen LogP contribution in [0.4, 0.5) is 0 Å². The third-order valence-corrected chi connectivity index (χ3v) is 4.02. The van der Waals surface area contributed by atoms with Crippen molar-refractivity contribution in [1.82, 2.24) is 15.2 Å². The van der Waals surface area contributed by atoms with Crippen molar-refractivity contribution in [3.05, 3.63) is 16.1 Å². The van der Waals surface area contributed by atoms with Gasteiger partial charge in [0.25, 0.3) is 0 Å². The molecule has 1 rings (SSSR count). The van der Waals surface area contributed by atoms with Crippen LogP contribution in [0.2, 0.25) is 0 Å². The van der Waals surface area contributed by atoms with Gasteiger partial charge in [-0.2, -0.15) is 0 Å². The van der Waals surface area contributed by atoms with Crippen LogP contribution in [-0.4, -0.2) is 36.1 Å². The van der Waals surface area contributed by atoms with Crippen molar-refractivity contribution in [2.24, 2.45) is 5.92 Å². The summed E-state index contributed by atoms with van der Waals surface area (Å²) in [5, 5.41) is 6.85. The maximum atomic E-state index is 4.55. The summed E-state index contributed by atoms with van der Waals surface area (Å²) in [5.41, 5.74) is 1.20. The van der Waals surface area contributed by atoms with Crippen molar-refractivity contribution in [3.63, 3.8) is 0 Å². The van der Waals surface area contributed by atoms with E-state index in [9.17, 15) is 0 Å². The maximum absolute atomic E-state index is 4.55. The van der Waals surface area contributed by atoms with E-state index in [4.69, 9.17) is 0 Å². The maximum Gasteiger partial charge on any atom is 0.0897 e. The van der Waals surface area contributed by atoms with Gasteiger partial charge in [0.1, 0.15) is 0 Å². The summed E-state index contributed by atoms with van der Waals surface area (Å²) in [6, 6.07) is 0.568. The molecule has 1 aromatic heterocycles. The minimum atomic E-state index is 0.568. The Kier molecular flexibility index (Phi) is 6.82. The highest BCUT2D eigenvalue weighted by Gasteiger charge is 2.18. The van der Waals surface area contributed by atoms with Crippen molar-refractivity contribution in [3.8, 4) is 0 Å². The largest absolute Gasteiger partial charge is 0.315 e. The molecule has 0 aliphatic carbocycles. The highest BCUT2D eigenvalue weighted by molar-refractivity contribution is 7.09. The van der Waals surface area contributed by atoms with Gasteiger partial charge >= 0.3 is 0 Å². The van der Waals surface area contributed by atoms with E-state index in [0.717, 1.165) is 24.6 Å². The van der Waals surface area contributed by atoms with Crippen molar-refractivity contribution in [1.29, 1.82) is 0 Å². The molecule has 0 radical (unpaired) electrons. The van der Waals surface area contributed by atoms with Gasteiger partial charge in [-0.3, -0.25) is 4.90 Å². The fourth-order valence-electron chi connectivity index (χ4n) is 2.18. The number of aryl methyl sites for hydroxylation is 1. The van der Waals surface area contributed by atoms with Crippen LogP contribution in [0.5, 0.6) is 0 Å². The first kappa shape index (κ1) is 15.6. The Morgan fingerprint density at radius 2 is 2.17 bits per heavy atom. The Balaban J connectivity index is 2.50. The van der Waals surface area contributed by atoms with Crippen molar-refractivity contribution in [2.45, 2.75) is 46.7 Å². The topological polar surface area (TPSA) is 28.2 Å². The molecule has 1 atom stereocenters. The van der Waals surface area contributed by atoms with Crippen molar-refractivity contribution < 1.29 is 0 Å². The normalized spacial score (nSPS) is 13.5. The second-order valence-corrected chi connectivity index (χ2v) is 6.35. The molecule has 4 heteroatoms. The van der Waals surface area contributed by atoms with Gasteiger partial charge in [-0.05, 0) is 32.9 Å². The summed E-state index contributed by atoms with van der Waals surface area (Å²) in [6.07, 6.45) is 1.19. The molecule has 0 aliphatic heterocycles. The molecule has 1 heterocycles. The molecule has 0 spiro atoms. The molecule has 1 unspecified atom stereocenters. The molecule has 18 heavy (non-hydrogen) atoms. The van der Waals surface area contributed by atoms with Crippen LogP contribution < -0.4 is 5.32 Å². The number of thiazole rings is 1. The number of nitrogens with zero attached hydrogens (tertiary/aromatic N) is 2. The number of likely N-dealkylation sites (N-methyl/N-ethyl adjacent to an activating group) is 1. The Morgan fingerprint density at radius 1 is 1.44 bits per heavy atom. The fourth-order valence-corrected chi connectivity index (χ4v) is 2.78. The molecule has 0 bridgehead atoms. The zero-order valence-corrected chi connectivity index (χ0v) is 13.2. The summed E-state index contributed by atoms with van der Waals surface area (Å²) in [4.78, 5) is 6.96. The highest BCUT2D eigenvalue weighted by Crippen LogP contribution is 2.14. The molecule has 3 nitrogen and oxygen atoms in total. The average Bonchev–Trinajstić information content (AvgIpc) is 2.69. The van der Waals surface area contributed by atoms with Gasteiger partial charge in [-0.25, -0.2) is 4.98 Å². The van der Waals surface area contributed by atoms with Crippen LogP contribution in [0.3, 0.4) is 0 Å². The van der Waals surface area contributed by atoms with Gasteiger partial charge in [0.05, 0.1) is 10.7 Å². The van der Waals surface area contributed by atoms with Gasteiger partial charge in [0, 0.05) is 24.5 Å². The SMILES string of the molecule is CCCNCC(C(C)C)N(C)Cc1csc(C)n1. The van der Waals surface area contributed by atoms with Crippen LogP contribution in [0, 0.1) is 12.8 Å². The van der Waals surface area contributed by atoms with E-state index in [1.807, 2.05) is 0 Å². The molecule has 0 saturated carbocycles. The zero-order chi connectivity index (χ0) is 13.5. The Labute approximate surface area is 116 Å². The van der Waals surface area contributed by atoms with E-state index < -0.39 is 0 Å². The van der Waals surface area contributed by atoms with Crippen LogP contribution in [-0.2, 0) is 6.54 Å². The predicted octanol–water partition coefficient (Wildman–Crippen LogP) is 2.91. The first-order valence-electron chi connectivity index (χ1n) is 6.86. The average molecular weight is 269 g/mol. The molecule has 0 amide bonds. The second kappa shape index (κ2) is 7.87. The van der Waals surface area contributed by atoms with Crippen LogP contribution >= 0.6 is 11.3 Å². The molecule has 104 valence electrons. The van der Waals surface area contributed by atoms with E-state index in [0.29, 0.717) is 12.0 Å². The number of nitrogens with one attached hydrogen (secondary N) is 1. The van der Waals surface area contributed by atoms with Gasteiger partial charge < -0.3 is 5.32 Å². The lowest BCUT2D eigenvalue weighted by Gasteiger charge is -2.31. The van der Waals surface area contributed by atoms with Crippen molar-refractivity contribution in [2.75, 3.05) is 20.1 Å². The lowest BCUT2D eigenvalue weighted by Crippen LogP contribution is -2.43. The molecule has 1 N–H and O–H groups in total. The molecule has 0 aromatic carbocycles. The Morgan fingerprint density at radius 3 is 2.67 bits per heavy atom. The lowest BCUT2D eigenvalue weighted by atomic mass is 10.0. The zero-order valence-electron chi connectivity index (χ0n) is 12.4. The van der Waals surface area contributed by atoms with Crippen molar-refractivity contribution >= 4 is 11.3 Å². The lowest BCUT2D eigenvalue weighted by molar-refractivity contribution is 0.178. The number of hydrogen-bond acceptors (Lipinski definition) is 4. The number of aromatic nitrogens is 1. The van der Waals surface area contributed by atoms with Crippen LogP contribution in [0.15, 0.2) is 5.38 Å². The molecule has 1 aromatic rings. The minimum absolute atomic E-state index is 0.568. The smallest absolute Gasteiger partial charge is 0.0897 e. The van der Waals surface area contributed by atoms with Gasteiger partial charge in [-0.1, -0.05) is 20.8 Å². The summed E-state index contributed by atoms with van der Waals surface area (Å²) in [7, 11) is 2.20. The molecular weight excluding hydrogens is 242 g/mol. The fraction of sp³-hybridized carbons (Fsp3) is 0.786. The Bertz CT molecular complexity index is 336. The third kappa shape index (κ3) is 5.04. The molecule has 0 saturated heterocycles. The minimum Gasteiger partial charge on any atom is -0.315 e. The molecular formula is C14H27N3S. The summed E-state index contributed by atoms with van der Waals surface area (Å²) >= 11 is 1.73.